The molecule has 1 N–H and O–H groups in total. The van der Waals surface area contributed by atoms with E-state index in [0.29, 0.717) is 11.1 Å². The molecule has 0 fully saturated rings. The fourth-order valence-corrected chi connectivity index (χ4v) is 3.05. The number of aliphatic carboxylic acids is 1. The van der Waals surface area contributed by atoms with Crippen molar-refractivity contribution in [3.8, 4) is 22.3 Å². The summed E-state index contributed by atoms with van der Waals surface area (Å²) in [5.74, 6) is -0.994. The SMILES string of the molecule is COC(C(=O)O)c1ccc(-c2cccnc2)cc1.O=Cc1ccc(-c2cccnc2)cc1. The summed E-state index contributed by atoms with van der Waals surface area (Å²) in [6.07, 6.45) is 6.93. The van der Waals surface area contributed by atoms with Gasteiger partial charge in [-0.05, 0) is 39.9 Å². The molecule has 0 amide bonds. The van der Waals surface area contributed by atoms with Gasteiger partial charge in [0.05, 0.1) is 0 Å². The molecular formula is C26H22N2O4. The second-order valence-electron chi connectivity index (χ2n) is 6.80. The van der Waals surface area contributed by atoms with Gasteiger partial charge in [0.1, 0.15) is 6.29 Å². The predicted molar refractivity (Wildman–Crippen MR) is 122 cm³/mol. The predicted octanol–water partition coefficient (Wildman–Crippen LogP) is 5.08. The van der Waals surface area contributed by atoms with Gasteiger partial charge < -0.3 is 9.84 Å². The van der Waals surface area contributed by atoms with Gasteiger partial charge in [-0.15, -0.1) is 0 Å². The van der Waals surface area contributed by atoms with Gasteiger partial charge in [-0.1, -0.05) is 60.7 Å². The minimum absolute atomic E-state index is 0.623. The topological polar surface area (TPSA) is 89.4 Å². The number of nitrogens with zero attached hydrogens (tertiary/aromatic N) is 2. The van der Waals surface area contributed by atoms with Crippen LogP contribution in [0.3, 0.4) is 0 Å². The van der Waals surface area contributed by atoms with Crippen LogP contribution in [0.5, 0.6) is 0 Å². The van der Waals surface area contributed by atoms with E-state index in [0.717, 1.165) is 28.5 Å². The number of aldehydes is 1. The van der Waals surface area contributed by atoms with Crippen LogP contribution >= 0.6 is 0 Å². The van der Waals surface area contributed by atoms with Gasteiger partial charge in [0.25, 0.3) is 0 Å². The number of rotatable bonds is 6. The Morgan fingerprint density at radius 1 is 0.812 bits per heavy atom. The summed E-state index contributed by atoms with van der Waals surface area (Å²) < 4.78 is 4.93. The number of methoxy groups -OCH3 is 1. The Morgan fingerprint density at radius 2 is 1.31 bits per heavy atom. The minimum atomic E-state index is -0.994. The van der Waals surface area contributed by atoms with Crippen molar-refractivity contribution in [2.75, 3.05) is 7.11 Å². The lowest BCUT2D eigenvalue weighted by Gasteiger charge is -2.11. The van der Waals surface area contributed by atoms with Crippen molar-refractivity contribution in [3.63, 3.8) is 0 Å². The number of hydrogen-bond donors (Lipinski definition) is 1. The van der Waals surface area contributed by atoms with E-state index < -0.39 is 12.1 Å². The Balaban J connectivity index is 0.000000186. The lowest BCUT2D eigenvalue weighted by atomic mass is 10.0. The molecule has 0 bridgehead atoms. The molecule has 1 atom stereocenters. The molecule has 1 unspecified atom stereocenters. The van der Waals surface area contributed by atoms with Crippen LogP contribution in [0.1, 0.15) is 22.0 Å². The molecule has 2 heterocycles. The number of benzene rings is 2. The fraction of sp³-hybridized carbons (Fsp3) is 0.0769. The van der Waals surface area contributed by atoms with Crippen LogP contribution in [0.15, 0.2) is 97.6 Å². The van der Waals surface area contributed by atoms with Gasteiger partial charge in [-0.3, -0.25) is 14.8 Å². The van der Waals surface area contributed by atoms with E-state index >= 15 is 0 Å². The van der Waals surface area contributed by atoms with Crippen LogP contribution in [-0.4, -0.2) is 34.4 Å². The van der Waals surface area contributed by atoms with Crippen molar-refractivity contribution < 1.29 is 19.4 Å². The zero-order valence-corrected chi connectivity index (χ0v) is 17.5. The van der Waals surface area contributed by atoms with Crippen molar-refractivity contribution >= 4 is 12.3 Å². The molecule has 0 saturated heterocycles. The number of aromatic nitrogens is 2. The summed E-state index contributed by atoms with van der Waals surface area (Å²) in [7, 11) is 1.38. The summed E-state index contributed by atoms with van der Waals surface area (Å²) in [6, 6.07) is 22.4. The molecule has 0 aliphatic carbocycles. The van der Waals surface area contributed by atoms with E-state index in [2.05, 4.69) is 9.97 Å². The molecule has 0 aliphatic rings. The highest BCUT2D eigenvalue weighted by atomic mass is 16.5. The second kappa shape index (κ2) is 11.3. The van der Waals surface area contributed by atoms with Crippen LogP contribution in [0, 0.1) is 0 Å². The maximum atomic E-state index is 11.0. The standard InChI is InChI=1S/C14H13NO3.C12H9NO/c1-18-13(14(16)17)11-6-4-10(5-7-11)12-3-2-8-15-9-12;14-9-10-3-5-11(6-4-10)12-2-1-7-13-8-12/h2-9,13H,1H3,(H,16,17);1-9H. The Bertz CT molecular complexity index is 1130. The van der Waals surface area contributed by atoms with Crippen LogP contribution in [0.25, 0.3) is 22.3 Å². The Labute approximate surface area is 186 Å². The van der Waals surface area contributed by atoms with Crippen molar-refractivity contribution in [2.24, 2.45) is 0 Å². The molecule has 4 rings (SSSR count). The van der Waals surface area contributed by atoms with Crippen LogP contribution in [0.2, 0.25) is 0 Å². The smallest absolute Gasteiger partial charge is 0.337 e. The summed E-state index contributed by atoms with van der Waals surface area (Å²) in [5, 5.41) is 8.98. The number of carboxylic acids is 1. The number of hydrogen-bond acceptors (Lipinski definition) is 5. The molecule has 2 aromatic carbocycles. The number of ether oxygens (including phenoxy) is 1. The number of pyridine rings is 2. The minimum Gasteiger partial charge on any atom is -0.479 e. The molecule has 32 heavy (non-hydrogen) atoms. The van der Waals surface area contributed by atoms with Gasteiger partial charge >= 0.3 is 5.97 Å². The monoisotopic (exact) mass is 426 g/mol. The molecule has 6 nitrogen and oxygen atoms in total. The second-order valence-corrected chi connectivity index (χ2v) is 6.80. The Kier molecular flexibility index (Phi) is 7.95. The van der Waals surface area contributed by atoms with Crippen molar-refractivity contribution in [1.29, 1.82) is 0 Å². The highest BCUT2D eigenvalue weighted by Gasteiger charge is 2.18. The first kappa shape index (κ1) is 22.5. The molecule has 4 aromatic rings. The molecule has 0 saturated carbocycles. The summed E-state index contributed by atoms with van der Waals surface area (Å²) in [5.41, 5.74) is 5.43. The Morgan fingerprint density at radius 3 is 1.69 bits per heavy atom. The number of carboxylic acid groups (broad SMARTS) is 1. The molecule has 0 spiro atoms. The summed E-state index contributed by atoms with van der Waals surface area (Å²) >= 11 is 0. The molecule has 0 radical (unpaired) electrons. The van der Waals surface area contributed by atoms with Gasteiger partial charge in [0.2, 0.25) is 0 Å². The van der Waals surface area contributed by atoms with Crippen LogP contribution in [0.4, 0.5) is 0 Å². The Hall–Kier alpha value is -4.16. The normalized spacial score (nSPS) is 11.0. The van der Waals surface area contributed by atoms with E-state index in [-0.39, 0.29) is 0 Å². The van der Waals surface area contributed by atoms with E-state index in [1.54, 1.807) is 49.1 Å². The summed E-state index contributed by atoms with van der Waals surface area (Å²) in [4.78, 5) is 29.5. The zero-order chi connectivity index (χ0) is 22.8. The maximum absolute atomic E-state index is 11.0. The number of carbonyl (C=O) groups excluding carboxylic acids is 1. The third-order valence-electron chi connectivity index (χ3n) is 4.71. The molecular weight excluding hydrogens is 404 g/mol. The highest BCUT2D eigenvalue weighted by molar-refractivity contribution is 5.77. The lowest BCUT2D eigenvalue weighted by Crippen LogP contribution is -2.13. The van der Waals surface area contributed by atoms with Crippen molar-refractivity contribution in [3.05, 3.63) is 109 Å². The fourth-order valence-electron chi connectivity index (χ4n) is 3.05. The maximum Gasteiger partial charge on any atom is 0.337 e. The molecule has 160 valence electrons. The van der Waals surface area contributed by atoms with Crippen molar-refractivity contribution in [2.45, 2.75) is 6.10 Å². The summed E-state index contributed by atoms with van der Waals surface area (Å²) in [6.45, 7) is 0. The number of carbonyl (C=O) groups is 2. The van der Waals surface area contributed by atoms with Gasteiger partial charge in [0, 0.05) is 37.5 Å². The zero-order valence-electron chi connectivity index (χ0n) is 17.5. The molecule has 2 aromatic heterocycles. The third-order valence-corrected chi connectivity index (χ3v) is 4.71. The van der Waals surface area contributed by atoms with Gasteiger partial charge in [0.15, 0.2) is 6.10 Å². The van der Waals surface area contributed by atoms with E-state index in [4.69, 9.17) is 9.84 Å². The van der Waals surface area contributed by atoms with E-state index in [1.807, 2.05) is 48.5 Å². The van der Waals surface area contributed by atoms with Gasteiger partial charge in [-0.2, -0.15) is 0 Å². The van der Waals surface area contributed by atoms with Crippen molar-refractivity contribution in [1.82, 2.24) is 9.97 Å². The highest BCUT2D eigenvalue weighted by Crippen LogP contribution is 2.23. The first-order valence-electron chi connectivity index (χ1n) is 9.84. The van der Waals surface area contributed by atoms with Gasteiger partial charge in [-0.25, -0.2) is 4.79 Å². The third kappa shape index (κ3) is 5.93. The average molecular weight is 426 g/mol. The van der Waals surface area contributed by atoms with Crippen LogP contribution < -0.4 is 0 Å². The molecule has 0 aliphatic heterocycles. The largest absolute Gasteiger partial charge is 0.479 e. The molecule has 6 heteroatoms. The lowest BCUT2D eigenvalue weighted by molar-refractivity contribution is -0.148. The average Bonchev–Trinajstić information content (AvgIpc) is 2.86. The first-order chi connectivity index (χ1) is 15.6. The first-order valence-corrected chi connectivity index (χ1v) is 9.84. The van der Waals surface area contributed by atoms with Crippen LogP contribution in [-0.2, 0) is 9.53 Å². The van der Waals surface area contributed by atoms with E-state index in [1.165, 1.54) is 7.11 Å². The quantitative estimate of drug-likeness (QED) is 0.433. The van der Waals surface area contributed by atoms with E-state index in [9.17, 15) is 9.59 Å².